The molecule has 1 unspecified atom stereocenters. The van der Waals surface area contributed by atoms with E-state index in [1.807, 2.05) is 35.2 Å². The molecule has 0 aromatic heterocycles. The van der Waals surface area contributed by atoms with Crippen LogP contribution in [-0.2, 0) is 0 Å². The first-order valence-corrected chi connectivity index (χ1v) is 9.49. The van der Waals surface area contributed by atoms with Crippen LogP contribution in [-0.4, -0.2) is 36.6 Å². The van der Waals surface area contributed by atoms with Gasteiger partial charge in [-0.1, -0.05) is 54.1 Å². The number of nitrogens with one attached hydrogen (secondary N) is 1. The van der Waals surface area contributed by atoms with Gasteiger partial charge in [-0.2, -0.15) is 0 Å². The van der Waals surface area contributed by atoms with Gasteiger partial charge in [-0.3, -0.25) is 0 Å². The molecule has 3 aromatic rings. The fraction of sp³-hybridized carbons (Fsp3) is 0.261. The van der Waals surface area contributed by atoms with Gasteiger partial charge in [0.05, 0.1) is 5.69 Å². The van der Waals surface area contributed by atoms with Crippen LogP contribution >= 0.6 is 0 Å². The Morgan fingerprint density at radius 1 is 0.963 bits per heavy atom. The van der Waals surface area contributed by atoms with Gasteiger partial charge >= 0.3 is 6.03 Å². The van der Waals surface area contributed by atoms with Crippen molar-refractivity contribution in [2.45, 2.75) is 19.9 Å². The molecule has 1 N–H and O–H groups in total. The lowest BCUT2D eigenvalue weighted by Gasteiger charge is -2.41. The zero-order valence-corrected chi connectivity index (χ0v) is 15.9. The lowest BCUT2D eigenvalue weighted by molar-refractivity contribution is 0.200. The molecule has 4 nitrogen and oxygen atoms in total. The topological polar surface area (TPSA) is 35.6 Å². The predicted octanol–water partition coefficient (Wildman–Crippen LogP) is 4.89. The minimum absolute atomic E-state index is 0.0261. The Labute approximate surface area is 160 Å². The standard InChI is InChI=1S/C23H25N3O/c1-17-10-12-20(13-11-17)26-15-14-25(16-18(26)2)23(27)24-22-9-5-7-19-6-3-4-8-21(19)22/h3-13,18H,14-16H2,1-2H3,(H,24,27). The molecule has 1 atom stereocenters. The van der Waals surface area contributed by atoms with Gasteiger partial charge in [0.25, 0.3) is 0 Å². The summed E-state index contributed by atoms with van der Waals surface area (Å²) in [5.41, 5.74) is 3.36. The van der Waals surface area contributed by atoms with Crippen LogP contribution in [0.1, 0.15) is 12.5 Å². The molecule has 2 amide bonds. The Kier molecular flexibility index (Phi) is 4.71. The predicted molar refractivity (Wildman–Crippen MR) is 113 cm³/mol. The van der Waals surface area contributed by atoms with Crippen molar-refractivity contribution in [3.63, 3.8) is 0 Å². The number of amides is 2. The largest absolute Gasteiger partial charge is 0.365 e. The second-order valence-electron chi connectivity index (χ2n) is 7.28. The molecule has 0 saturated carbocycles. The van der Waals surface area contributed by atoms with Crippen LogP contribution in [0, 0.1) is 6.92 Å². The summed E-state index contributed by atoms with van der Waals surface area (Å²) in [6.45, 7) is 6.55. The molecule has 0 radical (unpaired) electrons. The lowest BCUT2D eigenvalue weighted by atomic mass is 10.1. The van der Waals surface area contributed by atoms with Crippen molar-refractivity contribution < 1.29 is 4.79 Å². The third-order valence-corrected chi connectivity index (χ3v) is 5.31. The van der Waals surface area contributed by atoms with Crippen LogP contribution in [0.3, 0.4) is 0 Å². The van der Waals surface area contributed by atoms with E-state index in [4.69, 9.17) is 0 Å². The molecule has 1 saturated heterocycles. The van der Waals surface area contributed by atoms with Crippen molar-refractivity contribution in [3.05, 3.63) is 72.3 Å². The number of benzene rings is 3. The third kappa shape index (κ3) is 3.61. The molecule has 27 heavy (non-hydrogen) atoms. The van der Waals surface area contributed by atoms with Gasteiger partial charge in [0.15, 0.2) is 0 Å². The number of aryl methyl sites for hydroxylation is 1. The van der Waals surface area contributed by atoms with Crippen molar-refractivity contribution in [1.29, 1.82) is 0 Å². The number of piperazine rings is 1. The third-order valence-electron chi connectivity index (χ3n) is 5.31. The van der Waals surface area contributed by atoms with E-state index in [0.717, 1.165) is 29.5 Å². The zero-order valence-electron chi connectivity index (χ0n) is 15.9. The number of nitrogens with zero attached hydrogens (tertiary/aromatic N) is 2. The fourth-order valence-electron chi connectivity index (χ4n) is 3.79. The van der Waals surface area contributed by atoms with E-state index in [9.17, 15) is 4.79 Å². The second kappa shape index (κ2) is 7.31. The number of urea groups is 1. The molecule has 4 rings (SSSR count). The number of fused-ring (bicyclic) bond motifs is 1. The molecule has 1 fully saturated rings. The molecule has 1 aliphatic heterocycles. The zero-order chi connectivity index (χ0) is 18.8. The highest BCUT2D eigenvalue weighted by Crippen LogP contribution is 2.25. The van der Waals surface area contributed by atoms with Crippen molar-refractivity contribution in [2.24, 2.45) is 0 Å². The van der Waals surface area contributed by atoms with E-state index < -0.39 is 0 Å². The summed E-state index contributed by atoms with van der Waals surface area (Å²) in [4.78, 5) is 17.1. The summed E-state index contributed by atoms with van der Waals surface area (Å²) < 4.78 is 0. The first kappa shape index (κ1) is 17.4. The molecule has 1 heterocycles. The molecule has 1 aliphatic rings. The lowest BCUT2D eigenvalue weighted by Crippen LogP contribution is -2.54. The Bertz CT molecular complexity index is 946. The number of hydrogen-bond acceptors (Lipinski definition) is 2. The summed E-state index contributed by atoms with van der Waals surface area (Å²) in [6.07, 6.45) is 0. The van der Waals surface area contributed by atoms with Gasteiger partial charge < -0.3 is 15.1 Å². The average molecular weight is 359 g/mol. The normalized spacial score (nSPS) is 17.2. The number of anilines is 2. The van der Waals surface area contributed by atoms with Gasteiger partial charge in [-0.15, -0.1) is 0 Å². The van der Waals surface area contributed by atoms with E-state index in [0.29, 0.717) is 6.54 Å². The fourth-order valence-corrected chi connectivity index (χ4v) is 3.79. The summed E-state index contributed by atoms with van der Waals surface area (Å²) in [5, 5.41) is 5.31. The Hall–Kier alpha value is -3.01. The van der Waals surface area contributed by atoms with Crippen molar-refractivity contribution >= 4 is 28.2 Å². The quantitative estimate of drug-likeness (QED) is 0.707. The highest BCUT2D eigenvalue weighted by Gasteiger charge is 2.27. The van der Waals surface area contributed by atoms with Gasteiger partial charge in [0, 0.05) is 36.7 Å². The molecule has 0 bridgehead atoms. The molecular weight excluding hydrogens is 334 g/mol. The van der Waals surface area contributed by atoms with Crippen LogP contribution in [0.2, 0.25) is 0 Å². The summed E-state index contributed by atoms with van der Waals surface area (Å²) >= 11 is 0. The molecular formula is C23H25N3O. The molecule has 3 aromatic carbocycles. The van der Waals surface area contributed by atoms with Crippen molar-refractivity contribution in [2.75, 3.05) is 29.9 Å². The van der Waals surface area contributed by atoms with Gasteiger partial charge in [-0.05, 0) is 37.4 Å². The van der Waals surface area contributed by atoms with Gasteiger partial charge in [0.1, 0.15) is 0 Å². The maximum absolute atomic E-state index is 12.8. The van der Waals surface area contributed by atoms with E-state index in [1.54, 1.807) is 0 Å². The Balaban J connectivity index is 1.45. The number of rotatable bonds is 2. The molecule has 0 aliphatic carbocycles. The maximum atomic E-state index is 12.8. The summed E-state index contributed by atoms with van der Waals surface area (Å²) in [7, 11) is 0. The van der Waals surface area contributed by atoms with Gasteiger partial charge in [-0.25, -0.2) is 4.79 Å². The number of carbonyl (C=O) groups is 1. The van der Waals surface area contributed by atoms with E-state index in [1.165, 1.54) is 11.3 Å². The first-order chi connectivity index (χ1) is 13.1. The Morgan fingerprint density at radius 2 is 1.70 bits per heavy atom. The summed E-state index contributed by atoms with van der Waals surface area (Å²) in [6, 6.07) is 23.0. The number of hydrogen-bond donors (Lipinski definition) is 1. The maximum Gasteiger partial charge on any atom is 0.321 e. The van der Waals surface area contributed by atoms with Crippen LogP contribution in [0.5, 0.6) is 0 Å². The highest BCUT2D eigenvalue weighted by molar-refractivity contribution is 6.01. The molecule has 138 valence electrons. The van der Waals surface area contributed by atoms with E-state index >= 15 is 0 Å². The van der Waals surface area contributed by atoms with Crippen molar-refractivity contribution in [3.8, 4) is 0 Å². The number of carbonyl (C=O) groups excluding carboxylic acids is 1. The highest BCUT2D eigenvalue weighted by atomic mass is 16.2. The SMILES string of the molecule is Cc1ccc(N2CCN(C(=O)Nc3cccc4ccccc34)CC2C)cc1. The minimum Gasteiger partial charge on any atom is -0.365 e. The molecule has 0 spiro atoms. The smallest absolute Gasteiger partial charge is 0.321 e. The minimum atomic E-state index is -0.0261. The van der Waals surface area contributed by atoms with Crippen molar-refractivity contribution in [1.82, 2.24) is 4.90 Å². The van der Waals surface area contributed by atoms with Crippen LogP contribution < -0.4 is 10.2 Å². The van der Waals surface area contributed by atoms with Gasteiger partial charge in [0.2, 0.25) is 0 Å². The van der Waals surface area contributed by atoms with E-state index in [-0.39, 0.29) is 12.1 Å². The van der Waals surface area contributed by atoms with E-state index in [2.05, 4.69) is 60.5 Å². The Morgan fingerprint density at radius 3 is 2.48 bits per heavy atom. The van der Waals surface area contributed by atoms with Crippen LogP contribution in [0.4, 0.5) is 16.2 Å². The summed E-state index contributed by atoms with van der Waals surface area (Å²) in [5.74, 6) is 0. The second-order valence-corrected chi connectivity index (χ2v) is 7.28. The average Bonchev–Trinajstić information content (AvgIpc) is 2.69. The van der Waals surface area contributed by atoms with Crippen LogP contribution in [0.25, 0.3) is 10.8 Å². The monoisotopic (exact) mass is 359 g/mol. The molecule has 4 heteroatoms. The first-order valence-electron chi connectivity index (χ1n) is 9.49. The van der Waals surface area contributed by atoms with Crippen LogP contribution in [0.15, 0.2) is 66.7 Å².